The number of rotatable bonds is 7. The van der Waals surface area contributed by atoms with Gasteiger partial charge in [0.2, 0.25) is 11.8 Å². The maximum atomic E-state index is 12.4. The van der Waals surface area contributed by atoms with E-state index in [1.165, 1.54) is 0 Å². The SMILES string of the molecule is Cl.NCCCCNC(=O)C1CCCN1C(=O)Cc1ccccc1. The fourth-order valence-corrected chi connectivity index (χ4v) is 2.81. The monoisotopic (exact) mass is 339 g/mol. The van der Waals surface area contributed by atoms with Gasteiger partial charge in [-0.1, -0.05) is 30.3 Å². The molecule has 3 N–H and O–H groups in total. The van der Waals surface area contributed by atoms with Gasteiger partial charge in [0.1, 0.15) is 6.04 Å². The number of hydrogen-bond acceptors (Lipinski definition) is 3. The lowest BCUT2D eigenvalue weighted by atomic mass is 10.1. The molecule has 5 nitrogen and oxygen atoms in total. The Morgan fingerprint density at radius 1 is 1.22 bits per heavy atom. The maximum absolute atomic E-state index is 12.4. The molecular weight excluding hydrogens is 314 g/mol. The van der Waals surface area contributed by atoms with Crippen LogP contribution in [-0.2, 0) is 16.0 Å². The quantitative estimate of drug-likeness (QED) is 0.739. The molecule has 1 fully saturated rings. The summed E-state index contributed by atoms with van der Waals surface area (Å²) in [7, 11) is 0. The number of benzene rings is 1. The Labute approximate surface area is 144 Å². The molecule has 0 saturated carbocycles. The van der Waals surface area contributed by atoms with E-state index in [0.29, 0.717) is 26.1 Å². The number of hydrogen-bond donors (Lipinski definition) is 2. The summed E-state index contributed by atoms with van der Waals surface area (Å²) in [6, 6.07) is 9.35. The van der Waals surface area contributed by atoms with Crippen molar-refractivity contribution in [2.75, 3.05) is 19.6 Å². The minimum Gasteiger partial charge on any atom is -0.354 e. The molecule has 6 heteroatoms. The van der Waals surface area contributed by atoms with Crippen LogP contribution in [0.15, 0.2) is 30.3 Å². The predicted octanol–water partition coefficient (Wildman–Crippen LogP) is 1.50. The van der Waals surface area contributed by atoms with Gasteiger partial charge in [-0.25, -0.2) is 0 Å². The molecule has 2 rings (SSSR count). The van der Waals surface area contributed by atoms with Gasteiger partial charge in [-0.05, 0) is 37.8 Å². The first kappa shape index (κ1) is 19.5. The van der Waals surface area contributed by atoms with E-state index in [-0.39, 0.29) is 30.3 Å². The maximum Gasteiger partial charge on any atom is 0.242 e. The van der Waals surface area contributed by atoms with Gasteiger partial charge in [0, 0.05) is 13.1 Å². The molecule has 1 aromatic rings. The average Bonchev–Trinajstić information content (AvgIpc) is 3.02. The number of nitrogens with zero attached hydrogens (tertiary/aromatic N) is 1. The number of nitrogens with two attached hydrogens (primary N) is 1. The number of likely N-dealkylation sites (tertiary alicyclic amines) is 1. The summed E-state index contributed by atoms with van der Waals surface area (Å²) in [5.41, 5.74) is 6.42. The lowest BCUT2D eigenvalue weighted by Gasteiger charge is -2.24. The summed E-state index contributed by atoms with van der Waals surface area (Å²) in [6.45, 7) is 1.95. The summed E-state index contributed by atoms with van der Waals surface area (Å²) in [6.07, 6.45) is 3.79. The van der Waals surface area contributed by atoms with Crippen LogP contribution in [0.3, 0.4) is 0 Å². The van der Waals surface area contributed by atoms with Crippen LogP contribution in [0.2, 0.25) is 0 Å². The number of halogens is 1. The molecule has 2 amide bonds. The van der Waals surface area contributed by atoms with Crippen LogP contribution in [0.4, 0.5) is 0 Å². The van der Waals surface area contributed by atoms with Crippen molar-refractivity contribution < 1.29 is 9.59 Å². The third-order valence-corrected chi connectivity index (χ3v) is 4.00. The van der Waals surface area contributed by atoms with Crippen molar-refractivity contribution in [2.45, 2.75) is 38.1 Å². The fraction of sp³-hybridized carbons (Fsp3) is 0.529. The van der Waals surface area contributed by atoms with E-state index in [1.807, 2.05) is 30.3 Å². The van der Waals surface area contributed by atoms with Crippen LogP contribution in [-0.4, -0.2) is 42.4 Å². The van der Waals surface area contributed by atoms with E-state index < -0.39 is 0 Å². The van der Waals surface area contributed by atoms with E-state index in [9.17, 15) is 9.59 Å². The van der Waals surface area contributed by atoms with Crippen molar-refractivity contribution in [3.8, 4) is 0 Å². The van der Waals surface area contributed by atoms with E-state index in [0.717, 1.165) is 31.2 Å². The highest BCUT2D eigenvalue weighted by Crippen LogP contribution is 2.19. The van der Waals surface area contributed by atoms with Gasteiger partial charge < -0.3 is 16.0 Å². The Bertz CT molecular complexity index is 496. The first-order valence-electron chi connectivity index (χ1n) is 8.03. The molecule has 128 valence electrons. The summed E-state index contributed by atoms with van der Waals surface area (Å²) < 4.78 is 0. The number of carbonyl (C=O) groups excluding carboxylic acids is 2. The van der Waals surface area contributed by atoms with Crippen LogP contribution in [0.25, 0.3) is 0 Å². The highest BCUT2D eigenvalue weighted by atomic mass is 35.5. The lowest BCUT2D eigenvalue weighted by molar-refractivity contribution is -0.137. The fourth-order valence-electron chi connectivity index (χ4n) is 2.81. The van der Waals surface area contributed by atoms with Crippen LogP contribution in [0.1, 0.15) is 31.2 Å². The van der Waals surface area contributed by atoms with Crippen LogP contribution >= 0.6 is 12.4 Å². The molecule has 23 heavy (non-hydrogen) atoms. The van der Waals surface area contributed by atoms with Gasteiger partial charge in [0.25, 0.3) is 0 Å². The molecule has 1 aromatic carbocycles. The van der Waals surface area contributed by atoms with Gasteiger partial charge in [0.15, 0.2) is 0 Å². The molecule has 1 unspecified atom stereocenters. The van der Waals surface area contributed by atoms with Crippen molar-refractivity contribution in [1.29, 1.82) is 0 Å². The molecule has 0 aliphatic carbocycles. The van der Waals surface area contributed by atoms with Gasteiger partial charge >= 0.3 is 0 Å². The Balaban J connectivity index is 0.00000264. The molecule has 1 aliphatic rings. The first-order chi connectivity index (χ1) is 10.7. The van der Waals surface area contributed by atoms with Crippen LogP contribution in [0.5, 0.6) is 0 Å². The Hall–Kier alpha value is -1.59. The van der Waals surface area contributed by atoms with Crippen molar-refractivity contribution in [1.82, 2.24) is 10.2 Å². The molecule has 1 aliphatic heterocycles. The van der Waals surface area contributed by atoms with Crippen LogP contribution in [0, 0.1) is 0 Å². The van der Waals surface area contributed by atoms with Crippen molar-refractivity contribution in [2.24, 2.45) is 5.73 Å². The predicted molar refractivity (Wildman–Crippen MR) is 93.4 cm³/mol. The second-order valence-corrected chi connectivity index (χ2v) is 5.69. The standard InChI is InChI=1S/C17H25N3O2.ClH/c18-10-4-5-11-19-17(22)15-9-6-12-20(15)16(21)13-14-7-2-1-3-8-14;/h1-3,7-8,15H,4-6,9-13,18H2,(H,19,22);1H. The van der Waals surface area contributed by atoms with E-state index in [2.05, 4.69) is 5.32 Å². The molecule has 0 bridgehead atoms. The highest BCUT2D eigenvalue weighted by Gasteiger charge is 2.33. The number of amides is 2. The molecule has 0 spiro atoms. The van der Waals surface area contributed by atoms with Gasteiger partial charge in [-0.15, -0.1) is 12.4 Å². The molecule has 1 atom stereocenters. The summed E-state index contributed by atoms with van der Waals surface area (Å²) in [4.78, 5) is 26.4. The zero-order valence-electron chi connectivity index (χ0n) is 13.4. The van der Waals surface area contributed by atoms with Gasteiger partial charge in [-0.3, -0.25) is 9.59 Å². The molecule has 1 saturated heterocycles. The van der Waals surface area contributed by atoms with E-state index >= 15 is 0 Å². The number of carbonyl (C=O) groups is 2. The summed E-state index contributed by atoms with van der Waals surface area (Å²) >= 11 is 0. The van der Waals surface area contributed by atoms with Gasteiger partial charge in [-0.2, -0.15) is 0 Å². The Morgan fingerprint density at radius 3 is 2.65 bits per heavy atom. The number of nitrogens with one attached hydrogen (secondary N) is 1. The second kappa shape index (κ2) is 10.2. The number of unbranched alkanes of at least 4 members (excludes halogenated alkanes) is 1. The molecule has 0 radical (unpaired) electrons. The Morgan fingerprint density at radius 2 is 1.96 bits per heavy atom. The zero-order valence-corrected chi connectivity index (χ0v) is 14.2. The molecule has 1 heterocycles. The Kier molecular flexibility index (Phi) is 8.66. The second-order valence-electron chi connectivity index (χ2n) is 5.69. The summed E-state index contributed by atoms with van der Waals surface area (Å²) in [5.74, 6) is 0.00161. The van der Waals surface area contributed by atoms with Crippen LogP contribution < -0.4 is 11.1 Å². The topological polar surface area (TPSA) is 75.4 Å². The summed E-state index contributed by atoms with van der Waals surface area (Å²) in [5, 5.41) is 2.92. The normalized spacial score (nSPS) is 16.7. The third-order valence-electron chi connectivity index (χ3n) is 4.00. The lowest BCUT2D eigenvalue weighted by Crippen LogP contribution is -2.46. The minimum atomic E-state index is -0.311. The zero-order chi connectivity index (χ0) is 15.8. The minimum absolute atomic E-state index is 0. The van der Waals surface area contributed by atoms with E-state index in [1.54, 1.807) is 4.90 Å². The van der Waals surface area contributed by atoms with Crippen molar-refractivity contribution >= 4 is 24.2 Å². The smallest absolute Gasteiger partial charge is 0.242 e. The first-order valence-corrected chi connectivity index (χ1v) is 8.03. The van der Waals surface area contributed by atoms with E-state index in [4.69, 9.17) is 5.73 Å². The van der Waals surface area contributed by atoms with Crippen molar-refractivity contribution in [3.63, 3.8) is 0 Å². The third kappa shape index (κ3) is 5.84. The van der Waals surface area contributed by atoms with Gasteiger partial charge in [0.05, 0.1) is 6.42 Å². The average molecular weight is 340 g/mol. The highest BCUT2D eigenvalue weighted by molar-refractivity contribution is 5.89. The largest absolute Gasteiger partial charge is 0.354 e. The molecular formula is C17H26ClN3O2. The van der Waals surface area contributed by atoms with Crippen molar-refractivity contribution in [3.05, 3.63) is 35.9 Å². The molecule has 0 aromatic heterocycles.